The van der Waals surface area contributed by atoms with Gasteiger partial charge in [-0.2, -0.15) is 5.26 Å². The summed E-state index contributed by atoms with van der Waals surface area (Å²) in [6, 6.07) is 5.24. The highest BCUT2D eigenvalue weighted by molar-refractivity contribution is 5.96. The number of rotatable bonds is 7. The molecule has 1 amide bonds. The van der Waals surface area contributed by atoms with Crippen LogP contribution in [0.3, 0.4) is 0 Å². The number of benzene rings is 1. The van der Waals surface area contributed by atoms with Crippen LogP contribution in [0.1, 0.15) is 49.4 Å². The Morgan fingerprint density at radius 1 is 1.07 bits per heavy atom. The Balaban J connectivity index is 2.14. The lowest BCUT2D eigenvalue weighted by Gasteiger charge is -2.32. The van der Waals surface area contributed by atoms with E-state index in [1.54, 1.807) is 6.07 Å². The summed E-state index contributed by atoms with van der Waals surface area (Å²) in [6.07, 6.45) is 2.93. The maximum Gasteiger partial charge on any atom is 0.342 e. The van der Waals surface area contributed by atoms with Gasteiger partial charge in [-0.1, -0.05) is 19.3 Å². The standard InChI is InChI=1S/C20H26N2O6/c1-13(18(23)22-20(12-21)10-6-5-7-11-20)28-19(24)14-8-9-15(25-2)17(27-4)16(14)26-3/h8-9,13H,5-7,10-11H2,1-4H3,(H,22,23)/t13-/m1/s1. The average molecular weight is 390 g/mol. The fourth-order valence-corrected chi connectivity index (χ4v) is 3.30. The molecule has 0 bridgehead atoms. The first kappa shape index (κ1) is 21.4. The lowest BCUT2D eigenvalue weighted by Crippen LogP contribution is -2.52. The summed E-state index contributed by atoms with van der Waals surface area (Å²) in [5.74, 6) is -0.441. The first-order valence-electron chi connectivity index (χ1n) is 9.14. The number of carbonyl (C=O) groups is 2. The van der Waals surface area contributed by atoms with Gasteiger partial charge in [-0.25, -0.2) is 4.79 Å². The maximum absolute atomic E-state index is 12.6. The number of hydrogen-bond donors (Lipinski definition) is 1. The molecule has 1 saturated carbocycles. The zero-order chi connectivity index (χ0) is 20.7. The zero-order valence-corrected chi connectivity index (χ0v) is 16.7. The van der Waals surface area contributed by atoms with Crippen molar-refractivity contribution in [3.8, 4) is 23.3 Å². The number of nitrogens with one attached hydrogen (secondary N) is 1. The molecular formula is C20H26N2O6. The predicted molar refractivity (Wildman–Crippen MR) is 101 cm³/mol. The molecule has 1 fully saturated rings. The van der Waals surface area contributed by atoms with Gasteiger partial charge in [0.25, 0.3) is 5.91 Å². The van der Waals surface area contributed by atoms with Crippen LogP contribution in [0.15, 0.2) is 12.1 Å². The average Bonchev–Trinajstić information content (AvgIpc) is 2.72. The van der Waals surface area contributed by atoms with Gasteiger partial charge < -0.3 is 24.3 Å². The second-order valence-corrected chi connectivity index (χ2v) is 6.67. The lowest BCUT2D eigenvalue weighted by atomic mass is 9.83. The summed E-state index contributed by atoms with van der Waals surface area (Å²) in [7, 11) is 4.29. The van der Waals surface area contributed by atoms with Crippen molar-refractivity contribution < 1.29 is 28.5 Å². The lowest BCUT2D eigenvalue weighted by molar-refractivity contribution is -0.130. The first-order valence-corrected chi connectivity index (χ1v) is 9.14. The van der Waals surface area contributed by atoms with Crippen molar-refractivity contribution in [2.24, 2.45) is 0 Å². The number of hydrogen-bond acceptors (Lipinski definition) is 7. The van der Waals surface area contributed by atoms with Crippen LogP contribution in [0.5, 0.6) is 17.2 Å². The van der Waals surface area contributed by atoms with Crippen molar-refractivity contribution >= 4 is 11.9 Å². The van der Waals surface area contributed by atoms with Gasteiger partial charge in [-0.15, -0.1) is 0 Å². The zero-order valence-electron chi connectivity index (χ0n) is 16.7. The van der Waals surface area contributed by atoms with Gasteiger partial charge in [0.1, 0.15) is 11.1 Å². The summed E-state index contributed by atoms with van der Waals surface area (Å²) < 4.78 is 21.0. The van der Waals surface area contributed by atoms with E-state index in [1.165, 1.54) is 34.3 Å². The van der Waals surface area contributed by atoms with Crippen LogP contribution in [-0.2, 0) is 9.53 Å². The van der Waals surface area contributed by atoms with E-state index >= 15 is 0 Å². The van der Waals surface area contributed by atoms with Gasteiger partial charge in [0.05, 0.1) is 27.4 Å². The van der Waals surface area contributed by atoms with Crippen molar-refractivity contribution in [1.29, 1.82) is 5.26 Å². The van der Waals surface area contributed by atoms with Crippen LogP contribution < -0.4 is 19.5 Å². The van der Waals surface area contributed by atoms with Crippen LogP contribution in [0.2, 0.25) is 0 Å². The summed E-state index contributed by atoms with van der Waals surface area (Å²) >= 11 is 0. The maximum atomic E-state index is 12.6. The Hall–Kier alpha value is -2.95. The molecule has 1 aliphatic rings. The normalized spacial score (nSPS) is 16.2. The third kappa shape index (κ3) is 4.47. The fourth-order valence-electron chi connectivity index (χ4n) is 3.30. The molecule has 1 aliphatic carbocycles. The molecule has 0 aromatic heterocycles. The molecule has 152 valence electrons. The summed E-state index contributed by atoms with van der Waals surface area (Å²) in [5.41, 5.74) is -0.788. The number of ether oxygens (including phenoxy) is 4. The third-order valence-corrected chi connectivity index (χ3v) is 4.86. The molecule has 28 heavy (non-hydrogen) atoms. The highest BCUT2D eigenvalue weighted by Crippen LogP contribution is 2.40. The van der Waals surface area contributed by atoms with Crippen molar-refractivity contribution in [3.05, 3.63) is 17.7 Å². The predicted octanol–water partition coefficient (Wildman–Crippen LogP) is 2.60. The van der Waals surface area contributed by atoms with Crippen molar-refractivity contribution in [1.82, 2.24) is 5.32 Å². The van der Waals surface area contributed by atoms with Gasteiger partial charge in [-0.05, 0) is 31.9 Å². The van der Waals surface area contributed by atoms with Crippen molar-refractivity contribution in [2.45, 2.75) is 50.7 Å². The van der Waals surface area contributed by atoms with Crippen molar-refractivity contribution in [3.63, 3.8) is 0 Å². The third-order valence-electron chi connectivity index (χ3n) is 4.86. The molecule has 1 atom stereocenters. The van der Waals surface area contributed by atoms with Gasteiger partial charge >= 0.3 is 5.97 Å². The minimum Gasteiger partial charge on any atom is -0.493 e. The molecule has 2 rings (SSSR count). The second kappa shape index (κ2) is 9.31. The van der Waals surface area contributed by atoms with Crippen LogP contribution in [-0.4, -0.2) is 44.8 Å². The highest BCUT2D eigenvalue weighted by Gasteiger charge is 2.35. The molecule has 0 aliphatic heterocycles. The van der Waals surface area contributed by atoms with Gasteiger partial charge in [0.2, 0.25) is 5.75 Å². The second-order valence-electron chi connectivity index (χ2n) is 6.67. The molecule has 0 saturated heterocycles. The van der Waals surface area contributed by atoms with Gasteiger partial charge in [0.15, 0.2) is 17.6 Å². The molecule has 8 nitrogen and oxygen atoms in total. The Bertz CT molecular complexity index is 765. The number of amides is 1. The Kier molecular flexibility index (Phi) is 7.10. The van der Waals surface area contributed by atoms with Crippen LogP contribution >= 0.6 is 0 Å². The number of methoxy groups -OCH3 is 3. The van der Waals surface area contributed by atoms with E-state index in [0.29, 0.717) is 18.6 Å². The van der Waals surface area contributed by atoms with Crippen LogP contribution in [0.25, 0.3) is 0 Å². The molecule has 0 heterocycles. The smallest absolute Gasteiger partial charge is 0.342 e. The minimum atomic E-state index is -1.07. The number of nitrogens with zero attached hydrogens (tertiary/aromatic N) is 1. The SMILES string of the molecule is COc1ccc(C(=O)O[C@H](C)C(=O)NC2(C#N)CCCCC2)c(OC)c1OC. The number of esters is 1. The Morgan fingerprint density at radius 3 is 2.25 bits per heavy atom. The summed E-state index contributed by atoms with van der Waals surface area (Å²) in [4.78, 5) is 25.1. The van der Waals surface area contributed by atoms with E-state index < -0.39 is 23.5 Å². The molecule has 1 aromatic carbocycles. The molecule has 1 aromatic rings. The molecule has 1 N–H and O–H groups in total. The first-order chi connectivity index (χ1) is 13.4. The minimum absolute atomic E-state index is 0.104. The molecule has 0 unspecified atom stereocenters. The van der Waals surface area contributed by atoms with E-state index in [1.807, 2.05) is 0 Å². The van der Waals surface area contributed by atoms with E-state index in [0.717, 1.165) is 19.3 Å². The number of nitriles is 1. The molecular weight excluding hydrogens is 364 g/mol. The van der Waals surface area contributed by atoms with Gasteiger partial charge in [0, 0.05) is 0 Å². The van der Waals surface area contributed by atoms with Gasteiger partial charge in [-0.3, -0.25) is 4.79 Å². The molecule has 0 spiro atoms. The van der Waals surface area contributed by atoms with Crippen molar-refractivity contribution in [2.75, 3.05) is 21.3 Å². The monoisotopic (exact) mass is 390 g/mol. The fraction of sp³-hybridized carbons (Fsp3) is 0.550. The highest BCUT2D eigenvalue weighted by atomic mass is 16.6. The number of carbonyl (C=O) groups excluding carboxylic acids is 2. The molecule has 8 heteroatoms. The summed E-state index contributed by atoms with van der Waals surface area (Å²) in [5, 5.41) is 12.2. The van der Waals surface area contributed by atoms with Crippen LogP contribution in [0, 0.1) is 11.3 Å². The van der Waals surface area contributed by atoms with E-state index in [9.17, 15) is 14.9 Å². The van der Waals surface area contributed by atoms with E-state index in [-0.39, 0.29) is 17.1 Å². The Morgan fingerprint density at radius 2 is 1.71 bits per heavy atom. The Labute approximate surface area is 164 Å². The topological polar surface area (TPSA) is 107 Å². The van der Waals surface area contributed by atoms with E-state index in [2.05, 4.69) is 11.4 Å². The van der Waals surface area contributed by atoms with Crippen LogP contribution in [0.4, 0.5) is 0 Å². The summed E-state index contributed by atoms with van der Waals surface area (Å²) in [6.45, 7) is 1.47. The van der Waals surface area contributed by atoms with E-state index in [4.69, 9.17) is 18.9 Å². The quantitative estimate of drug-likeness (QED) is 0.713. The molecule has 0 radical (unpaired) electrons. The largest absolute Gasteiger partial charge is 0.493 e.